The summed E-state index contributed by atoms with van der Waals surface area (Å²) in [5.74, 6) is -5.99. The van der Waals surface area contributed by atoms with Crippen molar-refractivity contribution in [3.8, 4) is 0 Å². The molecular weight excluding hydrogens is 186 g/mol. The van der Waals surface area contributed by atoms with Crippen LogP contribution in [0.4, 0.5) is 8.78 Å². The van der Waals surface area contributed by atoms with E-state index in [0.717, 1.165) is 0 Å². The second-order valence-corrected chi connectivity index (χ2v) is 2.26. The Bertz CT molecular complexity index is 161. The van der Waals surface area contributed by atoms with Gasteiger partial charge in [0.05, 0.1) is 13.2 Å². The van der Waals surface area contributed by atoms with E-state index in [1.807, 2.05) is 0 Å². The highest BCUT2D eigenvalue weighted by Crippen LogP contribution is 2.13. The third kappa shape index (κ3) is 5.48. The number of rotatable bonds is 7. The predicted molar refractivity (Wildman–Crippen MR) is 39.9 cm³/mol. The highest BCUT2D eigenvalue weighted by atomic mass is 19.3. The Morgan fingerprint density at radius 1 is 1.38 bits per heavy atom. The summed E-state index contributed by atoms with van der Waals surface area (Å²) in [6.07, 6.45) is 0. The van der Waals surface area contributed by atoms with E-state index in [4.69, 9.17) is 9.84 Å². The number of hydrogen-bond donors (Lipinski definition) is 1. The molecule has 0 spiro atoms. The standard InChI is InChI=1S/C7H12F2O4/c1-2-12-3-4-13-5-7(8,9)6(10)11/h2-5H2,1H3,(H,10,11). The molecule has 0 aromatic carbocycles. The van der Waals surface area contributed by atoms with Crippen molar-refractivity contribution in [1.82, 2.24) is 0 Å². The van der Waals surface area contributed by atoms with Crippen LogP contribution < -0.4 is 0 Å². The summed E-state index contributed by atoms with van der Waals surface area (Å²) >= 11 is 0. The van der Waals surface area contributed by atoms with Crippen LogP contribution in [0.25, 0.3) is 0 Å². The molecule has 0 aromatic heterocycles. The number of hydrogen-bond acceptors (Lipinski definition) is 3. The van der Waals surface area contributed by atoms with E-state index in [9.17, 15) is 13.6 Å². The van der Waals surface area contributed by atoms with Gasteiger partial charge in [-0.2, -0.15) is 8.78 Å². The van der Waals surface area contributed by atoms with Gasteiger partial charge >= 0.3 is 11.9 Å². The van der Waals surface area contributed by atoms with Crippen molar-refractivity contribution in [2.24, 2.45) is 0 Å². The fourth-order valence-corrected chi connectivity index (χ4v) is 0.524. The van der Waals surface area contributed by atoms with Crippen molar-refractivity contribution < 1.29 is 28.2 Å². The number of carboxylic acid groups (broad SMARTS) is 1. The quantitative estimate of drug-likeness (QED) is 0.613. The summed E-state index contributed by atoms with van der Waals surface area (Å²) in [6.45, 7) is 1.27. The van der Waals surface area contributed by atoms with Crippen LogP contribution in [0.2, 0.25) is 0 Å². The van der Waals surface area contributed by atoms with E-state index in [-0.39, 0.29) is 13.2 Å². The molecule has 0 bridgehead atoms. The first kappa shape index (κ1) is 12.2. The van der Waals surface area contributed by atoms with E-state index in [1.54, 1.807) is 6.92 Å². The molecule has 0 aliphatic rings. The van der Waals surface area contributed by atoms with Gasteiger partial charge in [0.2, 0.25) is 0 Å². The monoisotopic (exact) mass is 198 g/mol. The van der Waals surface area contributed by atoms with Crippen molar-refractivity contribution in [3.63, 3.8) is 0 Å². The van der Waals surface area contributed by atoms with Crippen molar-refractivity contribution in [1.29, 1.82) is 0 Å². The minimum Gasteiger partial charge on any atom is -0.477 e. The first-order valence-corrected chi connectivity index (χ1v) is 3.77. The van der Waals surface area contributed by atoms with Crippen LogP contribution in [-0.2, 0) is 14.3 Å². The molecule has 0 unspecified atom stereocenters. The molecule has 0 aliphatic carbocycles. The maximum Gasteiger partial charge on any atom is 0.377 e. The summed E-state index contributed by atoms with van der Waals surface area (Å²) in [5.41, 5.74) is 0. The van der Waals surface area contributed by atoms with Crippen molar-refractivity contribution in [2.75, 3.05) is 26.4 Å². The molecule has 6 heteroatoms. The smallest absolute Gasteiger partial charge is 0.377 e. The third-order valence-electron chi connectivity index (χ3n) is 1.17. The highest BCUT2D eigenvalue weighted by Gasteiger charge is 2.38. The molecule has 0 saturated heterocycles. The fourth-order valence-electron chi connectivity index (χ4n) is 0.524. The van der Waals surface area contributed by atoms with Crippen LogP contribution in [0.5, 0.6) is 0 Å². The lowest BCUT2D eigenvalue weighted by molar-refractivity contribution is -0.174. The van der Waals surface area contributed by atoms with Crippen LogP contribution in [0.3, 0.4) is 0 Å². The van der Waals surface area contributed by atoms with Gasteiger partial charge in [0.1, 0.15) is 6.61 Å². The number of halogens is 2. The zero-order chi connectivity index (χ0) is 10.3. The van der Waals surface area contributed by atoms with E-state index in [2.05, 4.69) is 4.74 Å². The van der Waals surface area contributed by atoms with Gasteiger partial charge in [-0.25, -0.2) is 4.79 Å². The van der Waals surface area contributed by atoms with Crippen LogP contribution >= 0.6 is 0 Å². The molecule has 4 nitrogen and oxygen atoms in total. The Labute approximate surface area is 74.4 Å². The lowest BCUT2D eigenvalue weighted by Crippen LogP contribution is -2.34. The zero-order valence-electron chi connectivity index (χ0n) is 7.26. The summed E-state index contributed by atoms with van der Waals surface area (Å²) in [4.78, 5) is 9.88. The highest BCUT2D eigenvalue weighted by molar-refractivity contribution is 5.75. The van der Waals surface area contributed by atoms with Crippen LogP contribution in [0, 0.1) is 0 Å². The van der Waals surface area contributed by atoms with Gasteiger partial charge in [-0.15, -0.1) is 0 Å². The second-order valence-electron chi connectivity index (χ2n) is 2.26. The van der Waals surface area contributed by atoms with Gasteiger partial charge in [-0.05, 0) is 6.92 Å². The lowest BCUT2D eigenvalue weighted by atomic mass is 10.4. The summed E-state index contributed by atoms with van der Waals surface area (Å²) in [6, 6.07) is 0. The molecule has 0 aliphatic heterocycles. The van der Waals surface area contributed by atoms with Gasteiger partial charge in [-0.1, -0.05) is 0 Å². The van der Waals surface area contributed by atoms with E-state index in [0.29, 0.717) is 6.61 Å². The molecule has 0 amide bonds. The van der Waals surface area contributed by atoms with Crippen LogP contribution in [0.15, 0.2) is 0 Å². The SMILES string of the molecule is CCOCCOCC(F)(F)C(=O)O. The molecule has 0 radical (unpaired) electrons. The molecule has 0 atom stereocenters. The first-order chi connectivity index (χ1) is 6.00. The molecule has 13 heavy (non-hydrogen) atoms. The summed E-state index contributed by atoms with van der Waals surface area (Å²) in [7, 11) is 0. The van der Waals surface area contributed by atoms with Crippen molar-refractivity contribution in [2.45, 2.75) is 12.8 Å². The Hall–Kier alpha value is -0.750. The van der Waals surface area contributed by atoms with E-state index < -0.39 is 18.5 Å². The first-order valence-electron chi connectivity index (χ1n) is 3.77. The van der Waals surface area contributed by atoms with Gasteiger partial charge in [0.25, 0.3) is 0 Å². The largest absolute Gasteiger partial charge is 0.477 e. The number of carbonyl (C=O) groups is 1. The number of alkyl halides is 2. The Morgan fingerprint density at radius 3 is 2.38 bits per heavy atom. The molecule has 1 N–H and O–H groups in total. The van der Waals surface area contributed by atoms with Crippen molar-refractivity contribution in [3.05, 3.63) is 0 Å². The fraction of sp³-hybridized carbons (Fsp3) is 0.857. The average Bonchev–Trinajstić information content (AvgIpc) is 2.03. The normalized spacial score (nSPS) is 11.6. The Balaban J connectivity index is 3.46. The summed E-state index contributed by atoms with van der Waals surface area (Å²) in [5, 5.41) is 7.98. The number of ether oxygens (including phenoxy) is 2. The topological polar surface area (TPSA) is 55.8 Å². The van der Waals surface area contributed by atoms with E-state index >= 15 is 0 Å². The molecule has 0 fully saturated rings. The van der Waals surface area contributed by atoms with Crippen molar-refractivity contribution >= 4 is 5.97 Å². The minimum absolute atomic E-state index is 0.0310. The minimum atomic E-state index is -3.81. The average molecular weight is 198 g/mol. The Morgan fingerprint density at radius 2 is 1.92 bits per heavy atom. The van der Waals surface area contributed by atoms with Gasteiger partial charge < -0.3 is 14.6 Å². The van der Waals surface area contributed by atoms with Gasteiger partial charge in [0.15, 0.2) is 0 Å². The zero-order valence-corrected chi connectivity index (χ0v) is 7.26. The van der Waals surface area contributed by atoms with Gasteiger partial charge in [-0.3, -0.25) is 0 Å². The molecule has 78 valence electrons. The number of carboxylic acids is 1. The van der Waals surface area contributed by atoms with Gasteiger partial charge in [0, 0.05) is 6.61 Å². The number of aliphatic carboxylic acids is 1. The Kier molecular flexibility index (Phi) is 5.48. The maximum absolute atomic E-state index is 12.3. The molecule has 0 heterocycles. The molecule has 0 aromatic rings. The molecular formula is C7H12F2O4. The molecule has 0 saturated carbocycles. The third-order valence-corrected chi connectivity index (χ3v) is 1.17. The molecule has 0 rings (SSSR count). The lowest BCUT2D eigenvalue weighted by Gasteiger charge is -2.10. The summed E-state index contributed by atoms with van der Waals surface area (Å²) < 4.78 is 33.8. The van der Waals surface area contributed by atoms with Crippen LogP contribution in [0.1, 0.15) is 6.92 Å². The van der Waals surface area contributed by atoms with Crippen LogP contribution in [-0.4, -0.2) is 43.4 Å². The second kappa shape index (κ2) is 5.82. The van der Waals surface area contributed by atoms with E-state index in [1.165, 1.54) is 0 Å². The predicted octanol–water partition coefficient (Wildman–Crippen LogP) is 0.759. The maximum atomic E-state index is 12.3.